The van der Waals surface area contributed by atoms with Gasteiger partial charge in [-0.1, -0.05) is 30.3 Å². The number of aromatic amines is 1. The summed E-state index contributed by atoms with van der Waals surface area (Å²) in [6, 6.07) is 17.9. The predicted molar refractivity (Wildman–Crippen MR) is 110 cm³/mol. The summed E-state index contributed by atoms with van der Waals surface area (Å²) in [6.45, 7) is 0.616. The Kier molecular flexibility index (Phi) is 4.28. The van der Waals surface area contributed by atoms with Crippen LogP contribution in [-0.2, 0) is 6.42 Å². The lowest BCUT2D eigenvalue weighted by Crippen LogP contribution is -2.25. The topological polar surface area (TPSA) is 70.7 Å². The summed E-state index contributed by atoms with van der Waals surface area (Å²) in [6.07, 6.45) is 3.98. The number of hydrogen-bond acceptors (Lipinski definition) is 3. The van der Waals surface area contributed by atoms with Crippen molar-refractivity contribution >= 4 is 27.8 Å². The van der Waals surface area contributed by atoms with Gasteiger partial charge in [-0.3, -0.25) is 9.78 Å². The molecule has 1 aliphatic carbocycles. The highest BCUT2D eigenvalue weighted by molar-refractivity contribution is 6.06. The van der Waals surface area contributed by atoms with E-state index in [-0.39, 0.29) is 5.91 Å². The van der Waals surface area contributed by atoms with Gasteiger partial charge in [-0.05, 0) is 43.5 Å². The molecule has 0 spiro atoms. The molecule has 0 bridgehead atoms. The van der Waals surface area contributed by atoms with Gasteiger partial charge in [-0.2, -0.15) is 0 Å². The van der Waals surface area contributed by atoms with Gasteiger partial charge in [0.1, 0.15) is 5.82 Å². The van der Waals surface area contributed by atoms with E-state index in [0.717, 1.165) is 51.9 Å². The lowest BCUT2D eigenvalue weighted by atomic mass is 10.1. The van der Waals surface area contributed by atoms with E-state index < -0.39 is 0 Å². The van der Waals surface area contributed by atoms with Crippen LogP contribution in [0.1, 0.15) is 47.1 Å². The molecule has 0 saturated heterocycles. The van der Waals surface area contributed by atoms with E-state index in [2.05, 4.69) is 15.3 Å². The minimum absolute atomic E-state index is 0.0230. The number of aryl methyl sites for hydroxylation is 1. The van der Waals surface area contributed by atoms with E-state index in [1.54, 1.807) is 0 Å². The third-order valence-electron chi connectivity index (χ3n) is 5.29. The lowest BCUT2D eigenvalue weighted by molar-refractivity contribution is 0.0954. The number of imidazole rings is 1. The largest absolute Gasteiger partial charge is 0.352 e. The van der Waals surface area contributed by atoms with Gasteiger partial charge in [0.05, 0.1) is 22.1 Å². The maximum absolute atomic E-state index is 12.8. The highest BCUT2D eigenvalue weighted by atomic mass is 16.1. The van der Waals surface area contributed by atoms with Gasteiger partial charge in [-0.25, -0.2) is 4.98 Å². The molecular formula is C23H22N4O. The van der Waals surface area contributed by atoms with Crippen molar-refractivity contribution in [2.75, 3.05) is 6.54 Å². The van der Waals surface area contributed by atoms with Gasteiger partial charge in [0.25, 0.3) is 5.91 Å². The number of hydrogen-bond donors (Lipinski definition) is 2. The second-order valence-corrected chi connectivity index (χ2v) is 7.45. The summed E-state index contributed by atoms with van der Waals surface area (Å²) in [5, 5.41) is 3.99. The van der Waals surface area contributed by atoms with Gasteiger partial charge in [0, 0.05) is 30.0 Å². The van der Waals surface area contributed by atoms with Crippen LogP contribution in [0.25, 0.3) is 21.9 Å². The number of carbonyl (C=O) groups excluding carboxylic acids is 1. The van der Waals surface area contributed by atoms with Crippen molar-refractivity contribution in [2.45, 2.75) is 31.6 Å². The molecule has 2 aromatic heterocycles. The van der Waals surface area contributed by atoms with Gasteiger partial charge >= 0.3 is 0 Å². The minimum atomic E-state index is -0.0230. The molecule has 1 saturated carbocycles. The van der Waals surface area contributed by atoms with Crippen molar-refractivity contribution < 1.29 is 4.79 Å². The van der Waals surface area contributed by atoms with Crippen molar-refractivity contribution in [3.8, 4) is 0 Å². The molecule has 4 aromatic rings. The number of benzene rings is 2. The first-order valence-electron chi connectivity index (χ1n) is 9.89. The molecule has 5 heteroatoms. The van der Waals surface area contributed by atoms with Crippen molar-refractivity contribution in [1.29, 1.82) is 0 Å². The van der Waals surface area contributed by atoms with Gasteiger partial charge < -0.3 is 10.3 Å². The second-order valence-electron chi connectivity index (χ2n) is 7.45. The summed E-state index contributed by atoms with van der Waals surface area (Å²) in [7, 11) is 0. The molecule has 0 aliphatic heterocycles. The number of nitrogens with zero attached hydrogens (tertiary/aromatic N) is 2. The van der Waals surface area contributed by atoms with Crippen molar-refractivity contribution in [1.82, 2.24) is 20.3 Å². The van der Waals surface area contributed by atoms with Crippen LogP contribution in [0.2, 0.25) is 0 Å². The van der Waals surface area contributed by atoms with Gasteiger partial charge in [0.2, 0.25) is 0 Å². The molecule has 2 heterocycles. The van der Waals surface area contributed by atoms with Crippen LogP contribution >= 0.6 is 0 Å². The first kappa shape index (κ1) is 16.9. The van der Waals surface area contributed by atoms with Crippen LogP contribution in [0.5, 0.6) is 0 Å². The Hall–Kier alpha value is -3.21. The van der Waals surface area contributed by atoms with Gasteiger partial charge in [-0.15, -0.1) is 0 Å². The number of nitrogens with one attached hydrogen (secondary N) is 2. The average Bonchev–Trinajstić information content (AvgIpc) is 3.49. The highest BCUT2D eigenvalue weighted by Crippen LogP contribution is 2.40. The van der Waals surface area contributed by atoms with E-state index in [9.17, 15) is 4.79 Å². The summed E-state index contributed by atoms with van der Waals surface area (Å²) >= 11 is 0. The minimum Gasteiger partial charge on any atom is -0.352 e. The molecule has 0 unspecified atom stereocenters. The van der Waals surface area contributed by atoms with Crippen molar-refractivity contribution in [2.24, 2.45) is 0 Å². The summed E-state index contributed by atoms with van der Waals surface area (Å²) < 4.78 is 0. The molecule has 5 nitrogen and oxygen atoms in total. The van der Waals surface area contributed by atoms with Crippen molar-refractivity contribution in [3.63, 3.8) is 0 Å². The zero-order valence-electron chi connectivity index (χ0n) is 15.6. The average molecular weight is 370 g/mol. The van der Waals surface area contributed by atoms with Crippen LogP contribution in [0, 0.1) is 0 Å². The Bertz CT molecular complexity index is 1130. The normalized spacial score (nSPS) is 13.9. The predicted octanol–water partition coefficient (Wildman–Crippen LogP) is 4.35. The molecule has 140 valence electrons. The van der Waals surface area contributed by atoms with Crippen LogP contribution in [0.4, 0.5) is 0 Å². The number of carbonyl (C=O) groups is 1. The Balaban J connectivity index is 1.26. The molecular weight excluding hydrogens is 348 g/mol. The summed E-state index contributed by atoms with van der Waals surface area (Å²) in [5.41, 5.74) is 4.72. The molecule has 1 aliphatic rings. The third-order valence-corrected chi connectivity index (χ3v) is 5.29. The maximum Gasteiger partial charge on any atom is 0.252 e. The number of rotatable bonds is 6. The Labute approximate surface area is 163 Å². The molecule has 2 aromatic carbocycles. The van der Waals surface area contributed by atoms with Crippen LogP contribution in [0.15, 0.2) is 54.6 Å². The van der Waals surface area contributed by atoms with Crippen LogP contribution in [-0.4, -0.2) is 27.4 Å². The lowest BCUT2D eigenvalue weighted by Gasteiger charge is -2.10. The van der Waals surface area contributed by atoms with E-state index in [1.165, 1.54) is 12.8 Å². The summed E-state index contributed by atoms with van der Waals surface area (Å²) in [4.78, 5) is 25.5. The van der Waals surface area contributed by atoms with Gasteiger partial charge in [0.15, 0.2) is 0 Å². The number of aromatic nitrogens is 3. The number of H-pyrrole nitrogens is 1. The van der Waals surface area contributed by atoms with Crippen LogP contribution in [0.3, 0.4) is 0 Å². The Morgan fingerprint density at radius 1 is 1.04 bits per heavy atom. The fraction of sp³-hybridized carbons (Fsp3) is 0.261. The van der Waals surface area contributed by atoms with E-state index in [4.69, 9.17) is 4.98 Å². The molecule has 5 rings (SSSR count). The molecule has 0 atom stereocenters. The Morgan fingerprint density at radius 2 is 1.82 bits per heavy atom. The maximum atomic E-state index is 12.8. The quantitative estimate of drug-likeness (QED) is 0.496. The first-order chi connectivity index (χ1) is 13.8. The second kappa shape index (κ2) is 7.08. The first-order valence-corrected chi connectivity index (χ1v) is 9.89. The fourth-order valence-electron chi connectivity index (χ4n) is 3.65. The fourth-order valence-corrected chi connectivity index (χ4v) is 3.65. The van der Waals surface area contributed by atoms with Crippen LogP contribution < -0.4 is 5.32 Å². The standard InChI is InChI=1S/C23H22N4O/c28-23(24-13-5-10-22-26-19-8-3-4-9-20(19)27-22)17-14-21(15-11-12-15)25-18-7-2-1-6-16(17)18/h1-4,6-9,14-15H,5,10-13H2,(H,24,28)(H,26,27). The smallest absolute Gasteiger partial charge is 0.252 e. The third kappa shape index (κ3) is 3.36. The zero-order valence-corrected chi connectivity index (χ0v) is 15.6. The Morgan fingerprint density at radius 3 is 2.64 bits per heavy atom. The number of amides is 1. The molecule has 1 amide bonds. The molecule has 28 heavy (non-hydrogen) atoms. The highest BCUT2D eigenvalue weighted by Gasteiger charge is 2.26. The van der Waals surface area contributed by atoms with E-state index in [1.807, 2.05) is 54.6 Å². The van der Waals surface area contributed by atoms with Crippen molar-refractivity contribution in [3.05, 3.63) is 71.7 Å². The number of para-hydroxylation sites is 3. The molecule has 0 radical (unpaired) electrons. The number of fused-ring (bicyclic) bond motifs is 2. The van der Waals surface area contributed by atoms with E-state index >= 15 is 0 Å². The monoisotopic (exact) mass is 370 g/mol. The SMILES string of the molecule is O=C(NCCCc1nc2ccccc2[nH]1)c1cc(C2CC2)nc2ccccc12. The zero-order chi connectivity index (χ0) is 18.9. The molecule has 1 fully saturated rings. The molecule has 2 N–H and O–H groups in total. The van der Waals surface area contributed by atoms with E-state index in [0.29, 0.717) is 12.5 Å². The number of pyridine rings is 1. The summed E-state index contributed by atoms with van der Waals surface area (Å²) in [5.74, 6) is 1.45.